The Morgan fingerprint density at radius 3 is 2.64 bits per heavy atom. The molecule has 0 aliphatic carbocycles. The standard InChI is InChI=1S/C15H22N2O5/c1-15(2,3)22-14(19)16(8-5-9-18)11-12-6-4-7-13(10-12)17(20)21/h4,6-7,10,18H,5,8-9,11H2,1-3H3. The van der Waals surface area contributed by atoms with Crippen LogP contribution in [0.1, 0.15) is 32.8 Å². The van der Waals surface area contributed by atoms with Crippen molar-refractivity contribution >= 4 is 11.8 Å². The quantitative estimate of drug-likeness (QED) is 0.644. The molecule has 0 atom stereocenters. The molecule has 1 N–H and O–H groups in total. The lowest BCUT2D eigenvalue weighted by Gasteiger charge is -2.27. The van der Waals surface area contributed by atoms with E-state index in [1.165, 1.54) is 17.0 Å². The zero-order valence-electron chi connectivity index (χ0n) is 13.1. The van der Waals surface area contributed by atoms with Gasteiger partial charge >= 0.3 is 6.09 Å². The lowest BCUT2D eigenvalue weighted by atomic mass is 10.2. The van der Waals surface area contributed by atoms with Crippen LogP contribution in [0.4, 0.5) is 10.5 Å². The zero-order chi connectivity index (χ0) is 16.8. The van der Waals surface area contributed by atoms with Gasteiger partial charge in [0.15, 0.2) is 0 Å². The fraction of sp³-hybridized carbons (Fsp3) is 0.533. The normalized spacial score (nSPS) is 11.1. The highest BCUT2D eigenvalue weighted by Crippen LogP contribution is 2.17. The number of non-ortho nitro benzene ring substituents is 1. The number of ether oxygens (including phenoxy) is 1. The lowest BCUT2D eigenvalue weighted by molar-refractivity contribution is -0.384. The Labute approximate surface area is 129 Å². The number of benzene rings is 1. The van der Waals surface area contributed by atoms with Crippen molar-refractivity contribution in [2.24, 2.45) is 0 Å². The van der Waals surface area contributed by atoms with Crippen LogP contribution in [-0.4, -0.2) is 39.8 Å². The summed E-state index contributed by atoms with van der Waals surface area (Å²) in [4.78, 5) is 23.9. The molecule has 22 heavy (non-hydrogen) atoms. The second-order valence-corrected chi connectivity index (χ2v) is 5.91. The molecule has 0 fully saturated rings. The number of hydrogen-bond acceptors (Lipinski definition) is 5. The number of hydrogen-bond donors (Lipinski definition) is 1. The minimum Gasteiger partial charge on any atom is -0.444 e. The number of rotatable bonds is 6. The maximum Gasteiger partial charge on any atom is 0.410 e. The summed E-state index contributed by atoms with van der Waals surface area (Å²) in [6.45, 7) is 5.76. The summed E-state index contributed by atoms with van der Waals surface area (Å²) in [5, 5.41) is 19.7. The summed E-state index contributed by atoms with van der Waals surface area (Å²) < 4.78 is 5.32. The summed E-state index contributed by atoms with van der Waals surface area (Å²) in [5.74, 6) is 0. The Balaban J connectivity index is 2.86. The molecule has 0 unspecified atom stereocenters. The molecule has 1 aromatic rings. The average molecular weight is 310 g/mol. The van der Waals surface area contributed by atoms with Gasteiger partial charge in [-0.05, 0) is 32.8 Å². The van der Waals surface area contributed by atoms with Crippen molar-refractivity contribution in [1.29, 1.82) is 0 Å². The molecule has 0 aliphatic rings. The smallest absolute Gasteiger partial charge is 0.410 e. The number of nitro benzene ring substituents is 1. The summed E-state index contributed by atoms with van der Waals surface area (Å²) >= 11 is 0. The van der Waals surface area contributed by atoms with E-state index in [9.17, 15) is 14.9 Å². The van der Waals surface area contributed by atoms with Gasteiger partial charge in [0, 0.05) is 31.8 Å². The molecule has 1 amide bonds. The minimum atomic E-state index is -0.628. The lowest BCUT2D eigenvalue weighted by Crippen LogP contribution is -2.37. The third-order valence-corrected chi connectivity index (χ3v) is 2.73. The highest BCUT2D eigenvalue weighted by Gasteiger charge is 2.22. The van der Waals surface area contributed by atoms with E-state index in [0.717, 1.165) is 0 Å². The van der Waals surface area contributed by atoms with Crippen molar-refractivity contribution in [3.63, 3.8) is 0 Å². The van der Waals surface area contributed by atoms with E-state index in [0.29, 0.717) is 18.5 Å². The molecule has 0 radical (unpaired) electrons. The van der Waals surface area contributed by atoms with Crippen LogP contribution in [0.2, 0.25) is 0 Å². The van der Waals surface area contributed by atoms with Gasteiger partial charge in [0.2, 0.25) is 0 Å². The monoisotopic (exact) mass is 310 g/mol. The molecule has 7 heteroatoms. The first-order valence-corrected chi connectivity index (χ1v) is 7.05. The number of aliphatic hydroxyl groups is 1. The van der Waals surface area contributed by atoms with Crippen molar-refractivity contribution in [2.75, 3.05) is 13.2 Å². The van der Waals surface area contributed by atoms with Gasteiger partial charge in [0.25, 0.3) is 5.69 Å². The molecule has 1 aromatic carbocycles. The van der Waals surface area contributed by atoms with Crippen molar-refractivity contribution in [3.8, 4) is 0 Å². The Bertz CT molecular complexity index is 525. The molecule has 0 heterocycles. The third-order valence-electron chi connectivity index (χ3n) is 2.73. The summed E-state index contributed by atoms with van der Waals surface area (Å²) in [7, 11) is 0. The van der Waals surface area contributed by atoms with Crippen LogP contribution in [0, 0.1) is 10.1 Å². The molecule has 0 spiro atoms. The predicted molar refractivity (Wildman–Crippen MR) is 81.4 cm³/mol. The van der Waals surface area contributed by atoms with Gasteiger partial charge in [-0.3, -0.25) is 10.1 Å². The van der Waals surface area contributed by atoms with Gasteiger partial charge in [-0.15, -0.1) is 0 Å². The molecule has 0 aromatic heterocycles. The van der Waals surface area contributed by atoms with Gasteiger partial charge in [0.05, 0.1) is 4.92 Å². The molecule has 122 valence electrons. The maximum absolute atomic E-state index is 12.2. The van der Waals surface area contributed by atoms with E-state index in [2.05, 4.69) is 0 Å². The van der Waals surface area contributed by atoms with Crippen molar-refractivity contribution in [1.82, 2.24) is 4.90 Å². The fourth-order valence-corrected chi connectivity index (χ4v) is 1.81. The molecular weight excluding hydrogens is 288 g/mol. The van der Waals surface area contributed by atoms with Crippen LogP contribution in [0.3, 0.4) is 0 Å². The largest absolute Gasteiger partial charge is 0.444 e. The third kappa shape index (κ3) is 6.09. The van der Waals surface area contributed by atoms with Crippen LogP contribution in [0.5, 0.6) is 0 Å². The van der Waals surface area contributed by atoms with E-state index in [1.807, 2.05) is 0 Å². The number of nitrogens with zero attached hydrogens (tertiary/aromatic N) is 2. The topological polar surface area (TPSA) is 92.9 Å². The first kappa shape index (κ1) is 17.9. The van der Waals surface area contributed by atoms with E-state index in [-0.39, 0.29) is 18.8 Å². The Hall–Kier alpha value is -2.15. The SMILES string of the molecule is CC(C)(C)OC(=O)N(CCCO)Cc1cccc([N+](=O)[O-])c1. The van der Waals surface area contributed by atoms with Crippen LogP contribution in [-0.2, 0) is 11.3 Å². The predicted octanol–water partition coefficient (Wildman–Crippen LogP) is 2.71. The summed E-state index contributed by atoms with van der Waals surface area (Å²) in [5.41, 5.74) is -0.0150. The van der Waals surface area contributed by atoms with E-state index in [4.69, 9.17) is 9.84 Å². The summed E-state index contributed by atoms with van der Waals surface area (Å²) in [6.07, 6.45) is -0.0961. The molecule has 0 bridgehead atoms. The summed E-state index contributed by atoms with van der Waals surface area (Å²) in [6, 6.07) is 6.11. The van der Waals surface area contributed by atoms with Crippen LogP contribution in [0.15, 0.2) is 24.3 Å². The van der Waals surface area contributed by atoms with Gasteiger partial charge in [-0.2, -0.15) is 0 Å². The number of carbonyl (C=O) groups excluding carboxylic acids is 1. The van der Waals surface area contributed by atoms with Gasteiger partial charge in [-0.25, -0.2) is 4.79 Å². The van der Waals surface area contributed by atoms with Gasteiger partial charge < -0.3 is 14.7 Å². The first-order chi connectivity index (χ1) is 10.2. The number of carbonyl (C=O) groups is 1. The molecule has 0 aliphatic heterocycles. The molecule has 0 saturated carbocycles. The number of amides is 1. The van der Waals surface area contributed by atoms with Gasteiger partial charge in [-0.1, -0.05) is 12.1 Å². The van der Waals surface area contributed by atoms with Gasteiger partial charge in [0.1, 0.15) is 5.60 Å². The Morgan fingerprint density at radius 2 is 2.09 bits per heavy atom. The second-order valence-electron chi connectivity index (χ2n) is 5.91. The first-order valence-electron chi connectivity index (χ1n) is 7.05. The second kappa shape index (κ2) is 7.74. The molecule has 0 saturated heterocycles. The molecular formula is C15H22N2O5. The number of aliphatic hydroxyl groups excluding tert-OH is 1. The van der Waals surface area contributed by atoms with E-state index < -0.39 is 16.6 Å². The van der Waals surface area contributed by atoms with Crippen LogP contribution >= 0.6 is 0 Å². The maximum atomic E-state index is 12.2. The Kier molecular flexibility index (Phi) is 6.30. The van der Waals surface area contributed by atoms with Crippen molar-refractivity contribution in [2.45, 2.75) is 39.3 Å². The average Bonchev–Trinajstić information content (AvgIpc) is 2.41. The van der Waals surface area contributed by atoms with E-state index >= 15 is 0 Å². The van der Waals surface area contributed by atoms with E-state index in [1.54, 1.807) is 32.9 Å². The van der Waals surface area contributed by atoms with Crippen molar-refractivity contribution in [3.05, 3.63) is 39.9 Å². The highest BCUT2D eigenvalue weighted by atomic mass is 16.6. The number of nitro groups is 1. The van der Waals surface area contributed by atoms with Crippen LogP contribution in [0.25, 0.3) is 0 Å². The zero-order valence-corrected chi connectivity index (χ0v) is 13.1. The molecule has 7 nitrogen and oxygen atoms in total. The fourth-order valence-electron chi connectivity index (χ4n) is 1.81. The van der Waals surface area contributed by atoms with Crippen LogP contribution < -0.4 is 0 Å². The molecule has 1 rings (SSSR count). The Morgan fingerprint density at radius 1 is 1.41 bits per heavy atom. The minimum absolute atomic E-state index is 0.0243. The highest BCUT2D eigenvalue weighted by molar-refractivity contribution is 5.68. The van der Waals surface area contributed by atoms with Crippen molar-refractivity contribution < 1.29 is 19.6 Å².